The Morgan fingerprint density at radius 1 is 1.00 bits per heavy atom. The van der Waals surface area contributed by atoms with Crippen molar-refractivity contribution in [1.82, 2.24) is 10.7 Å². The highest BCUT2D eigenvalue weighted by atomic mass is 32.1. The van der Waals surface area contributed by atoms with Crippen LogP contribution in [0.4, 0.5) is 5.69 Å². The van der Waals surface area contributed by atoms with Gasteiger partial charge >= 0.3 is 0 Å². The van der Waals surface area contributed by atoms with Gasteiger partial charge in [0.1, 0.15) is 0 Å². The molecule has 2 aromatic carbocycles. The SMILES string of the molecule is Cc1ccc(C(=O)NC(=S)NNc2ccccc2)cc1. The number of amides is 1. The smallest absolute Gasteiger partial charge is 0.257 e. The number of carbonyl (C=O) groups excluding carboxylic acids is 1. The minimum Gasteiger partial charge on any atom is -0.299 e. The summed E-state index contributed by atoms with van der Waals surface area (Å²) in [4.78, 5) is 11.9. The average Bonchev–Trinajstić information content (AvgIpc) is 2.47. The molecule has 20 heavy (non-hydrogen) atoms. The molecule has 0 radical (unpaired) electrons. The zero-order chi connectivity index (χ0) is 14.4. The Kier molecular flexibility index (Phi) is 4.68. The van der Waals surface area contributed by atoms with Crippen LogP contribution >= 0.6 is 12.2 Å². The first kappa shape index (κ1) is 14.0. The summed E-state index contributed by atoms with van der Waals surface area (Å²) < 4.78 is 0. The third-order valence-electron chi connectivity index (χ3n) is 2.63. The van der Waals surface area contributed by atoms with E-state index in [1.54, 1.807) is 12.1 Å². The van der Waals surface area contributed by atoms with E-state index in [1.165, 1.54) is 0 Å². The lowest BCUT2D eigenvalue weighted by molar-refractivity contribution is 0.0977. The van der Waals surface area contributed by atoms with Crippen LogP contribution in [-0.2, 0) is 0 Å². The number of carbonyl (C=O) groups is 1. The van der Waals surface area contributed by atoms with Crippen LogP contribution in [0.3, 0.4) is 0 Å². The van der Waals surface area contributed by atoms with Gasteiger partial charge in [-0.1, -0.05) is 35.9 Å². The molecule has 3 N–H and O–H groups in total. The first-order chi connectivity index (χ1) is 9.65. The highest BCUT2D eigenvalue weighted by Crippen LogP contribution is 2.03. The molecule has 0 aliphatic rings. The predicted octanol–water partition coefficient (Wildman–Crippen LogP) is 2.63. The van der Waals surface area contributed by atoms with Crippen molar-refractivity contribution in [2.24, 2.45) is 0 Å². The molecule has 0 aliphatic heterocycles. The summed E-state index contributed by atoms with van der Waals surface area (Å²) in [6.07, 6.45) is 0. The van der Waals surface area contributed by atoms with Crippen molar-refractivity contribution >= 4 is 28.9 Å². The fourth-order valence-corrected chi connectivity index (χ4v) is 1.71. The molecule has 0 saturated carbocycles. The van der Waals surface area contributed by atoms with Crippen molar-refractivity contribution < 1.29 is 4.79 Å². The molecule has 0 aliphatic carbocycles. The third-order valence-corrected chi connectivity index (χ3v) is 2.84. The standard InChI is InChI=1S/C15H15N3OS/c1-11-7-9-12(10-8-11)14(19)16-15(20)18-17-13-5-3-2-4-6-13/h2-10,17H,1H3,(H2,16,18,19,20). The Bertz CT molecular complexity index is 596. The second-order valence-corrected chi connectivity index (χ2v) is 4.67. The summed E-state index contributed by atoms with van der Waals surface area (Å²) in [6.45, 7) is 1.97. The Labute approximate surface area is 123 Å². The van der Waals surface area contributed by atoms with Crippen LogP contribution in [0.2, 0.25) is 0 Å². The molecular formula is C15H15N3OS. The quantitative estimate of drug-likeness (QED) is 0.599. The van der Waals surface area contributed by atoms with Gasteiger partial charge in [-0.15, -0.1) is 0 Å². The maximum absolute atomic E-state index is 11.9. The molecule has 1 amide bonds. The Morgan fingerprint density at radius 2 is 1.65 bits per heavy atom. The van der Waals surface area contributed by atoms with Gasteiger partial charge in [0.15, 0.2) is 5.11 Å². The van der Waals surface area contributed by atoms with E-state index >= 15 is 0 Å². The minimum atomic E-state index is -0.239. The lowest BCUT2D eigenvalue weighted by atomic mass is 10.1. The summed E-state index contributed by atoms with van der Waals surface area (Å²) in [6, 6.07) is 16.8. The summed E-state index contributed by atoms with van der Waals surface area (Å²) in [7, 11) is 0. The van der Waals surface area contributed by atoms with Crippen LogP contribution in [-0.4, -0.2) is 11.0 Å². The van der Waals surface area contributed by atoms with Gasteiger partial charge in [0.2, 0.25) is 0 Å². The largest absolute Gasteiger partial charge is 0.299 e. The molecular weight excluding hydrogens is 270 g/mol. The van der Waals surface area contributed by atoms with Gasteiger partial charge in [0.05, 0.1) is 5.69 Å². The molecule has 0 atom stereocenters. The van der Waals surface area contributed by atoms with E-state index in [-0.39, 0.29) is 11.0 Å². The molecule has 0 spiro atoms. The number of thiocarbonyl (C=S) groups is 1. The number of hydrogen-bond donors (Lipinski definition) is 3. The highest BCUT2D eigenvalue weighted by molar-refractivity contribution is 7.80. The highest BCUT2D eigenvalue weighted by Gasteiger charge is 2.06. The third kappa shape index (κ3) is 4.07. The van der Waals surface area contributed by atoms with Crippen LogP contribution in [0.15, 0.2) is 54.6 Å². The maximum atomic E-state index is 11.9. The first-order valence-electron chi connectivity index (χ1n) is 6.14. The molecule has 0 bridgehead atoms. The van der Waals surface area contributed by atoms with E-state index in [9.17, 15) is 4.79 Å². The van der Waals surface area contributed by atoms with Gasteiger partial charge in [-0.2, -0.15) is 0 Å². The summed E-state index contributed by atoms with van der Waals surface area (Å²) in [5.41, 5.74) is 8.20. The number of anilines is 1. The van der Waals surface area contributed by atoms with Crippen molar-refractivity contribution in [2.45, 2.75) is 6.92 Å². The molecule has 102 valence electrons. The predicted molar refractivity (Wildman–Crippen MR) is 84.4 cm³/mol. The molecule has 0 fully saturated rings. The van der Waals surface area contributed by atoms with Crippen molar-refractivity contribution in [3.05, 3.63) is 65.7 Å². The summed E-state index contributed by atoms with van der Waals surface area (Å²) in [5.74, 6) is -0.239. The van der Waals surface area contributed by atoms with E-state index in [4.69, 9.17) is 12.2 Å². The van der Waals surface area contributed by atoms with Crippen molar-refractivity contribution in [3.63, 3.8) is 0 Å². The van der Waals surface area contributed by atoms with E-state index < -0.39 is 0 Å². The number of hydrogen-bond acceptors (Lipinski definition) is 3. The first-order valence-corrected chi connectivity index (χ1v) is 6.55. The Morgan fingerprint density at radius 3 is 2.30 bits per heavy atom. The second kappa shape index (κ2) is 6.68. The van der Waals surface area contributed by atoms with Gasteiger partial charge in [-0.25, -0.2) is 0 Å². The fraction of sp³-hybridized carbons (Fsp3) is 0.0667. The van der Waals surface area contributed by atoms with Gasteiger partial charge in [0.25, 0.3) is 5.91 Å². The van der Waals surface area contributed by atoms with Gasteiger partial charge < -0.3 is 0 Å². The topological polar surface area (TPSA) is 53.2 Å². The molecule has 5 heteroatoms. The van der Waals surface area contributed by atoms with E-state index in [1.807, 2.05) is 49.4 Å². The van der Waals surface area contributed by atoms with Crippen LogP contribution < -0.4 is 16.2 Å². The molecule has 0 heterocycles. The molecule has 0 aromatic heterocycles. The molecule has 4 nitrogen and oxygen atoms in total. The lowest BCUT2D eigenvalue weighted by Crippen LogP contribution is -2.41. The molecule has 0 unspecified atom stereocenters. The van der Waals surface area contributed by atoms with Gasteiger partial charge in [-0.3, -0.25) is 21.0 Å². The Hall–Kier alpha value is -2.40. The normalized spacial score (nSPS) is 9.65. The van der Waals surface area contributed by atoms with E-state index in [2.05, 4.69) is 16.2 Å². The summed E-state index contributed by atoms with van der Waals surface area (Å²) >= 11 is 5.05. The van der Waals surface area contributed by atoms with Crippen LogP contribution in [0.25, 0.3) is 0 Å². The van der Waals surface area contributed by atoms with Crippen LogP contribution in [0.1, 0.15) is 15.9 Å². The molecule has 2 aromatic rings. The Balaban J connectivity index is 1.85. The van der Waals surface area contributed by atoms with Gasteiger partial charge in [0, 0.05) is 5.56 Å². The fourth-order valence-electron chi connectivity index (χ4n) is 1.56. The van der Waals surface area contributed by atoms with E-state index in [0.717, 1.165) is 11.3 Å². The minimum absolute atomic E-state index is 0.222. The average molecular weight is 285 g/mol. The number of benzene rings is 2. The maximum Gasteiger partial charge on any atom is 0.257 e. The number of aryl methyl sites for hydroxylation is 1. The lowest BCUT2D eigenvalue weighted by Gasteiger charge is -2.11. The van der Waals surface area contributed by atoms with Crippen LogP contribution in [0.5, 0.6) is 0 Å². The van der Waals surface area contributed by atoms with Crippen molar-refractivity contribution in [3.8, 4) is 0 Å². The number of rotatable bonds is 3. The zero-order valence-electron chi connectivity index (χ0n) is 11.0. The van der Waals surface area contributed by atoms with Crippen molar-refractivity contribution in [1.29, 1.82) is 0 Å². The van der Waals surface area contributed by atoms with Crippen molar-refractivity contribution in [2.75, 3.05) is 5.43 Å². The second-order valence-electron chi connectivity index (χ2n) is 4.27. The number of nitrogens with one attached hydrogen (secondary N) is 3. The number of hydrazine groups is 1. The zero-order valence-corrected chi connectivity index (χ0v) is 11.8. The molecule has 2 rings (SSSR count). The summed E-state index contributed by atoms with van der Waals surface area (Å²) in [5, 5.41) is 2.83. The van der Waals surface area contributed by atoms with E-state index in [0.29, 0.717) is 5.56 Å². The monoisotopic (exact) mass is 285 g/mol. The van der Waals surface area contributed by atoms with Crippen LogP contribution in [0, 0.1) is 6.92 Å². The number of para-hydroxylation sites is 1. The van der Waals surface area contributed by atoms with Gasteiger partial charge in [-0.05, 0) is 43.4 Å². The molecule has 0 saturated heterocycles.